The van der Waals surface area contributed by atoms with Gasteiger partial charge in [-0.25, -0.2) is 9.37 Å². The molecule has 6 heteroatoms. The minimum atomic E-state index is -0.485. The molecule has 30 heavy (non-hydrogen) atoms. The molecular formula is C24H22FN3O2. The van der Waals surface area contributed by atoms with Crippen LogP contribution in [0.1, 0.15) is 23.0 Å². The topological polar surface area (TPSA) is 67.0 Å². The average Bonchev–Trinajstić information content (AvgIpc) is 3.18. The van der Waals surface area contributed by atoms with Crippen molar-refractivity contribution in [3.05, 3.63) is 95.6 Å². The van der Waals surface area contributed by atoms with Crippen molar-refractivity contribution in [2.24, 2.45) is 0 Å². The fourth-order valence-electron chi connectivity index (χ4n) is 3.45. The van der Waals surface area contributed by atoms with E-state index in [-0.39, 0.29) is 24.1 Å². The predicted molar refractivity (Wildman–Crippen MR) is 114 cm³/mol. The third kappa shape index (κ3) is 4.49. The van der Waals surface area contributed by atoms with Gasteiger partial charge in [0.05, 0.1) is 30.6 Å². The van der Waals surface area contributed by atoms with Crippen LogP contribution in [0.25, 0.3) is 11.0 Å². The van der Waals surface area contributed by atoms with E-state index in [2.05, 4.69) is 15.3 Å². The van der Waals surface area contributed by atoms with Crippen LogP contribution in [0.4, 0.5) is 4.39 Å². The van der Waals surface area contributed by atoms with Gasteiger partial charge in [0, 0.05) is 0 Å². The Kier molecular flexibility index (Phi) is 5.75. The fraction of sp³-hybridized carbons (Fsp3) is 0.167. The molecule has 0 spiro atoms. The molecule has 1 amide bonds. The fourth-order valence-corrected chi connectivity index (χ4v) is 3.45. The Morgan fingerprint density at radius 3 is 2.57 bits per heavy atom. The number of amides is 1. The maximum atomic E-state index is 14.0. The zero-order valence-electron chi connectivity index (χ0n) is 16.6. The summed E-state index contributed by atoms with van der Waals surface area (Å²) in [4.78, 5) is 20.7. The number of benzene rings is 3. The third-order valence-corrected chi connectivity index (χ3v) is 4.94. The van der Waals surface area contributed by atoms with Crippen molar-refractivity contribution < 1.29 is 13.9 Å². The maximum Gasteiger partial charge on any atom is 0.225 e. The number of nitrogens with one attached hydrogen (secondary N) is 2. The Bertz CT molecular complexity index is 1120. The number of fused-ring (bicyclic) bond motifs is 1. The number of hydrogen-bond donors (Lipinski definition) is 2. The SMILES string of the molecule is COc1ccc(CC(=O)N[C@@H](Cc2ccccc2)c2nc3ccccc3[nH]2)cc1F. The van der Waals surface area contributed by atoms with Gasteiger partial charge in [-0.2, -0.15) is 0 Å². The quantitative estimate of drug-likeness (QED) is 0.482. The van der Waals surface area contributed by atoms with Gasteiger partial charge in [-0.3, -0.25) is 4.79 Å². The van der Waals surface area contributed by atoms with Gasteiger partial charge in [0.1, 0.15) is 5.82 Å². The van der Waals surface area contributed by atoms with Gasteiger partial charge < -0.3 is 15.0 Å². The van der Waals surface area contributed by atoms with Crippen LogP contribution in [-0.2, 0) is 17.6 Å². The number of ether oxygens (including phenoxy) is 1. The molecule has 1 heterocycles. The normalized spacial score (nSPS) is 11.9. The Labute approximate surface area is 173 Å². The number of aromatic amines is 1. The lowest BCUT2D eigenvalue weighted by atomic mass is 10.0. The van der Waals surface area contributed by atoms with Crippen molar-refractivity contribution in [2.45, 2.75) is 18.9 Å². The zero-order valence-corrected chi connectivity index (χ0v) is 16.6. The van der Waals surface area contributed by atoms with Crippen molar-refractivity contribution in [3.8, 4) is 5.75 Å². The van der Waals surface area contributed by atoms with E-state index in [1.165, 1.54) is 19.2 Å². The van der Waals surface area contributed by atoms with Crippen LogP contribution in [0.5, 0.6) is 5.75 Å². The van der Waals surface area contributed by atoms with Gasteiger partial charge in [0.15, 0.2) is 11.6 Å². The number of carbonyl (C=O) groups excluding carboxylic acids is 1. The molecular weight excluding hydrogens is 381 g/mol. The van der Waals surface area contributed by atoms with E-state index in [0.29, 0.717) is 17.8 Å². The number of aromatic nitrogens is 2. The molecule has 0 saturated heterocycles. The summed E-state index contributed by atoms with van der Waals surface area (Å²) in [5.74, 6) is 0.152. The van der Waals surface area contributed by atoms with Crippen LogP contribution in [0.15, 0.2) is 72.8 Å². The number of H-pyrrole nitrogens is 1. The summed E-state index contributed by atoms with van der Waals surface area (Å²) in [6.45, 7) is 0. The molecule has 1 aromatic heterocycles. The van der Waals surface area contributed by atoms with Gasteiger partial charge in [-0.1, -0.05) is 48.5 Å². The molecule has 0 aliphatic rings. The minimum absolute atomic E-state index is 0.0619. The first-order valence-corrected chi connectivity index (χ1v) is 9.73. The third-order valence-electron chi connectivity index (χ3n) is 4.94. The second-order valence-electron chi connectivity index (χ2n) is 7.09. The summed E-state index contributed by atoms with van der Waals surface area (Å²) in [6, 6.07) is 21.9. The molecule has 0 fully saturated rings. The lowest BCUT2D eigenvalue weighted by Crippen LogP contribution is -2.32. The number of nitrogens with zero attached hydrogens (tertiary/aromatic N) is 1. The Balaban J connectivity index is 1.56. The Morgan fingerprint density at radius 1 is 1.07 bits per heavy atom. The molecule has 0 aliphatic carbocycles. The number of carbonyl (C=O) groups is 1. The van der Waals surface area contributed by atoms with Crippen LogP contribution in [0.3, 0.4) is 0 Å². The standard InChI is InChI=1S/C24H22FN3O2/c1-30-22-12-11-17(13-18(22)25)15-23(29)26-21(14-16-7-3-2-4-8-16)24-27-19-9-5-6-10-20(19)28-24/h2-13,21H,14-15H2,1H3,(H,26,29)(H,27,28)/t21-/m0/s1. The van der Waals surface area contributed by atoms with Gasteiger partial charge in [0.2, 0.25) is 5.91 Å². The molecule has 5 nitrogen and oxygen atoms in total. The van der Waals surface area contributed by atoms with Gasteiger partial charge in [-0.15, -0.1) is 0 Å². The van der Waals surface area contributed by atoms with Crippen LogP contribution < -0.4 is 10.1 Å². The van der Waals surface area contributed by atoms with Crippen molar-refractivity contribution in [1.82, 2.24) is 15.3 Å². The Morgan fingerprint density at radius 2 is 1.83 bits per heavy atom. The molecule has 4 rings (SSSR count). The predicted octanol–water partition coefficient (Wildman–Crippen LogP) is 4.35. The van der Waals surface area contributed by atoms with E-state index >= 15 is 0 Å². The van der Waals surface area contributed by atoms with Gasteiger partial charge >= 0.3 is 0 Å². The van der Waals surface area contributed by atoms with Crippen molar-refractivity contribution in [3.63, 3.8) is 0 Å². The zero-order chi connectivity index (χ0) is 20.9. The number of methoxy groups -OCH3 is 1. The van der Waals surface area contributed by atoms with Crippen molar-refractivity contribution in [1.29, 1.82) is 0 Å². The van der Waals surface area contributed by atoms with Gasteiger partial charge in [-0.05, 0) is 41.8 Å². The maximum absolute atomic E-state index is 14.0. The molecule has 0 saturated carbocycles. The molecule has 0 radical (unpaired) electrons. The van der Waals surface area contributed by atoms with E-state index in [9.17, 15) is 9.18 Å². The molecule has 1 atom stereocenters. The molecule has 4 aromatic rings. The number of imidazole rings is 1. The smallest absolute Gasteiger partial charge is 0.225 e. The minimum Gasteiger partial charge on any atom is -0.494 e. The largest absolute Gasteiger partial charge is 0.494 e. The van der Waals surface area contributed by atoms with E-state index in [1.807, 2.05) is 54.6 Å². The number of halogens is 1. The first-order chi connectivity index (χ1) is 14.6. The molecule has 3 aromatic carbocycles. The van der Waals surface area contributed by atoms with E-state index in [1.54, 1.807) is 6.07 Å². The lowest BCUT2D eigenvalue weighted by Gasteiger charge is -2.17. The second-order valence-corrected chi connectivity index (χ2v) is 7.09. The highest BCUT2D eigenvalue weighted by molar-refractivity contribution is 5.79. The van der Waals surface area contributed by atoms with Crippen molar-refractivity contribution in [2.75, 3.05) is 7.11 Å². The highest BCUT2D eigenvalue weighted by atomic mass is 19.1. The average molecular weight is 403 g/mol. The molecule has 0 aliphatic heterocycles. The van der Waals surface area contributed by atoms with Crippen LogP contribution in [0, 0.1) is 5.82 Å². The number of para-hydroxylation sites is 2. The van der Waals surface area contributed by atoms with Gasteiger partial charge in [0.25, 0.3) is 0 Å². The molecule has 152 valence electrons. The summed E-state index contributed by atoms with van der Waals surface area (Å²) in [5, 5.41) is 3.05. The highest BCUT2D eigenvalue weighted by Crippen LogP contribution is 2.21. The number of hydrogen-bond acceptors (Lipinski definition) is 3. The highest BCUT2D eigenvalue weighted by Gasteiger charge is 2.19. The van der Waals surface area contributed by atoms with E-state index in [4.69, 9.17) is 4.74 Å². The number of rotatable bonds is 7. The molecule has 0 bridgehead atoms. The van der Waals surface area contributed by atoms with Crippen LogP contribution in [-0.4, -0.2) is 23.0 Å². The first-order valence-electron chi connectivity index (χ1n) is 9.73. The Hall–Kier alpha value is -3.67. The first kappa shape index (κ1) is 19.6. The van der Waals surface area contributed by atoms with Crippen LogP contribution in [0.2, 0.25) is 0 Å². The van der Waals surface area contributed by atoms with Crippen molar-refractivity contribution >= 4 is 16.9 Å². The summed E-state index contributed by atoms with van der Waals surface area (Å²) >= 11 is 0. The monoisotopic (exact) mass is 403 g/mol. The summed E-state index contributed by atoms with van der Waals surface area (Å²) < 4.78 is 18.9. The summed E-state index contributed by atoms with van der Waals surface area (Å²) in [7, 11) is 1.41. The van der Waals surface area contributed by atoms with E-state index < -0.39 is 5.82 Å². The second kappa shape index (κ2) is 8.78. The van der Waals surface area contributed by atoms with E-state index in [0.717, 1.165) is 16.6 Å². The van der Waals surface area contributed by atoms with Crippen LogP contribution >= 0.6 is 0 Å². The summed E-state index contributed by atoms with van der Waals surface area (Å²) in [5.41, 5.74) is 3.42. The molecule has 0 unspecified atom stereocenters. The summed E-state index contributed by atoms with van der Waals surface area (Å²) in [6.07, 6.45) is 0.649. The lowest BCUT2D eigenvalue weighted by molar-refractivity contribution is -0.121. The molecule has 2 N–H and O–H groups in total.